The minimum atomic E-state index is 0. The second-order valence-corrected chi connectivity index (χ2v) is 12.3. The number of aromatic amines is 4. The van der Waals surface area contributed by atoms with E-state index in [2.05, 4.69) is 107 Å². The molecule has 4 aliphatic rings. The van der Waals surface area contributed by atoms with E-state index in [1.165, 1.54) is 5.56 Å². The fourth-order valence-corrected chi connectivity index (χ4v) is 6.16. The van der Waals surface area contributed by atoms with Gasteiger partial charge in [-0.05, 0) is 127 Å². The van der Waals surface area contributed by atoms with E-state index in [4.69, 9.17) is 0 Å². The molecule has 10 heterocycles. The molecular weight excluding hydrogens is 682 g/mol. The molecule has 0 aliphatic carbocycles. The summed E-state index contributed by atoms with van der Waals surface area (Å²) in [6.07, 6.45) is 17.8. The smallest absolute Gasteiger partial charge is 0.366 e. The van der Waals surface area contributed by atoms with Gasteiger partial charge in [0.05, 0.1) is 34.2 Å². The number of hydrogen-bond acceptors (Lipinski definition) is 4. The van der Waals surface area contributed by atoms with Gasteiger partial charge in [-0.3, -0.25) is 4.98 Å². The Morgan fingerprint density at radius 2 is 0.863 bits per heavy atom. The van der Waals surface area contributed by atoms with Gasteiger partial charge in [0.1, 0.15) is 0 Å². The zero-order valence-corrected chi connectivity index (χ0v) is 30.6. The monoisotopic (exact) mass is 710 g/mol. The number of hydrogen-bond donors (Lipinski definition) is 4. The molecule has 0 spiro atoms. The second kappa shape index (κ2) is 13.6. The molecule has 0 amide bonds. The Labute approximate surface area is 306 Å². The first kappa shape index (κ1) is 32.1. The van der Waals surface area contributed by atoms with Crippen molar-refractivity contribution in [2.75, 3.05) is 0 Å². The van der Waals surface area contributed by atoms with Gasteiger partial charge < -0.3 is 31.8 Å². The Hall–Kier alpha value is -6.18. The SMILES string of the molecule is [C-]1=Cc2cc3nc(cc4ccc(cc5ccc(cc1n2)[nH]5)[nH]4)C=C3.[CH2-]Cc1cc2cc3ccc(cc4nc(cc5nc(cc1[nH]2)C=C5)C=C4)[nH]3.[Zn+2]. The van der Waals surface area contributed by atoms with Crippen LogP contribution in [0.3, 0.4) is 0 Å². The first-order valence-corrected chi connectivity index (χ1v) is 16.4. The van der Waals surface area contributed by atoms with Gasteiger partial charge in [-0.25, -0.2) is 9.97 Å². The van der Waals surface area contributed by atoms with Gasteiger partial charge >= 0.3 is 19.5 Å². The quantitative estimate of drug-likeness (QED) is 0.100. The predicted octanol–water partition coefficient (Wildman–Crippen LogP) is 9.38. The molecule has 0 saturated heterocycles. The summed E-state index contributed by atoms with van der Waals surface area (Å²) < 4.78 is 0. The molecule has 6 aromatic rings. The largest absolute Gasteiger partial charge is 2.00 e. The van der Waals surface area contributed by atoms with Crippen LogP contribution in [0.4, 0.5) is 0 Å². The summed E-state index contributed by atoms with van der Waals surface area (Å²) in [5.41, 5.74) is 16.6. The average Bonchev–Trinajstić information content (AvgIpc) is 3.94. The van der Waals surface area contributed by atoms with Crippen molar-refractivity contribution in [2.45, 2.75) is 6.42 Å². The van der Waals surface area contributed by atoms with E-state index in [1.807, 2.05) is 78.9 Å². The molecule has 0 fully saturated rings. The maximum Gasteiger partial charge on any atom is 2.00 e. The molecule has 6 aromatic heterocycles. The minimum Gasteiger partial charge on any atom is -0.366 e. The van der Waals surface area contributed by atoms with Crippen LogP contribution in [0.1, 0.15) is 51.1 Å². The van der Waals surface area contributed by atoms with Crippen molar-refractivity contribution in [2.24, 2.45) is 0 Å². The van der Waals surface area contributed by atoms with Crippen LogP contribution in [0.15, 0.2) is 91.0 Å². The molecule has 0 radical (unpaired) electrons. The van der Waals surface area contributed by atoms with Gasteiger partial charge in [-0.2, -0.15) is 12.5 Å². The minimum absolute atomic E-state index is 0. The van der Waals surface area contributed by atoms with Gasteiger partial charge in [-0.1, -0.05) is 17.3 Å². The van der Waals surface area contributed by atoms with Crippen molar-refractivity contribution in [3.63, 3.8) is 0 Å². The fourth-order valence-electron chi connectivity index (χ4n) is 6.16. The molecule has 10 rings (SSSR count). The van der Waals surface area contributed by atoms with Gasteiger partial charge in [0, 0.05) is 38.6 Å². The van der Waals surface area contributed by atoms with Gasteiger partial charge in [0.15, 0.2) is 0 Å². The molecule has 0 atom stereocenters. The molecule has 0 unspecified atom stereocenters. The van der Waals surface area contributed by atoms with E-state index in [0.717, 1.165) is 96.1 Å². The van der Waals surface area contributed by atoms with E-state index in [9.17, 15) is 0 Å². The van der Waals surface area contributed by atoms with Crippen LogP contribution in [-0.2, 0) is 25.9 Å². The number of H-pyrrole nitrogens is 4. The maximum atomic E-state index is 4.68. The van der Waals surface area contributed by atoms with Crippen molar-refractivity contribution >= 4 is 86.7 Å². The van der Waals surface area contributed by atoms with Crippen molar-refractivity contribution in [3.8, 4) is 0 Å². The summed E-state index contributed by atoms with van der Waals surface area (Å²) in [6, 6.07) is 30.7. The summed E-state index contributed by atoms with van der Waals surface area (Å²) in [4.78, 5) is 32.1. The normalized spacial score (nSPS) is 12.4. The Balaban J connectivity index is 0.000000144. The van der Waals surface area contributed by atoms with Crippen molar-refractivity contribution in [1.82, 2.24) is 39.9 Å². The Kier molecular flexibility index (Phi) is 8.56. The molecule has 16 bridgehead atoms. The topological polar surface area (TPSA) is 115 Å². The van der Waals surface area contributed by atoms with Crippen LogP contribution in [0.2, 0.25) is 0 Å². The summed E-state index contributed by atoms with van der Waals surface area (Å²) in [7, 11) is 0. The fraction of sp³-hybridized carbons (Fsp3) is 0.0238. The third-order valence-electron chi connectivity index (χ3n) is 8.49. The number of fused-ring (bicyclic) bond motifs is 16. The Morgan fingerprint density at radius 3 is 1.39 bits per heavy atom. The summed E-state index contributed by atoms with van der Waals surface area (Å²) >= 11 is 0. The van der Waals surface area contributed by atoms with E-state index >= 15 is 0 Å². The number of rotatable bonds is 1. The third-order valence-corrected chi connectivity index (χ3v) is 8.49. The predicted molar refractivity (Wildman–Crippen MR) is 205 cm³/mol. The van der Waals surface area contributed by atoms with E-state index in [0.29, 0.717) is 0 Å². The van der Waals surface area contributed by atoms with E-state index in [1.54, 1.807) is 0 Å². The van der Waals surface area contributed by atoms with Crippen LogP contribution in [0.5, 0.6) is 0 Å². The van der Waals surface area contributed by atoms with Gasteiger partial charge in [0.25, 0.3) is 0 Å². The zero-order chi connectivity index (χ0) is 33.4. The molecule has 4 N–H and O–H groups in total. The van der Waals surface area contributed by atoms with Crippen LogP contribution in [0, 0.1) is 13.0 Å². The van der Waals surface area contributed by atoms with Crippen LogP contribution < -0.4 is 0 Å². The first-order chi connectivity index (χ1) is 24.5. The summed E-state index contributed by atoms with van der Waals surface area (Å²) in [5, 5.41) is 0. The molecular formula is C42H30N8Zn. The molecule has 4 aliphatic heterocycles. The van der Waals surface area contributed by atoms with Crippen molar-refractivity contribution < 1.29 is 19.5 Å². The van der Waals surface area contributed by atoms with Crippen LogP contribution >= 0.6 is 0 Å². The molecule has 240 valence electrons. The van der Waals surface area contributed by atoms with Crippen molar-refractivity contribution in [1.29, 1.82) is 0 Å². The zero-order valence-electron chi connectivity index (χ0n) is 27.6. The molecule has 0 saturated carbocycles. The molecule has 9 heteroatoms. The standard InChI is InChI=1S/C22H17N4.C20H13N4.Zn/c1-2-14-9-21-12-19-6-5-17(24-19)10-15-3-4-16(23-15)11-18-7-8-20(25-18)13-22(14)26-21;1-2-14-10-16-5-6-18(23-16)12-20-8-7-19(24-20)11-17-4-3-15(22-17)9-13(1)21-14;/h3-13,24,26H,1-2H2;1-7,9-12,21,23H;/q2*-1;+2. The number of nitrogens with one attached hydrogen (secondary N) is 4. The van der Waals surface area contributed by atoms with Gasteiger partial charge in [-0.15, -0.1) is 12.1 Å². The molecule has 51 heavy (non-hydrogen) atoms. The molecule has 0 aromatic carbocycles. The number of aromatic nitrogens is 8. The third kappa shape index (κ3) is 7.25. The van der Waals surface area contributed by atoms with E-state index in [-0.39, 0.29) is 19.5 Å². The Bertz CT molecular complexity index is 2680. The van der Waals surface area contributed by atoms with Crippen LogP contribution in [-0.4, -0.2) is 39.9 Å². The Morgan fingerprint density at radius 1 is 0.431 bits per heavy atom. The molecule has 8 nitrogen and oxygen atoms in total. The second-order valence-electron chi connectivity index (χ2n) is 12.3. The summed E-state index contributed by atoms with van der Waals surface area (Å²) in [5.74, 6) is 0. The number of nitrogens with zero attached hydrogens (tertiary/aromatic N) is 4. The summed E-state index contributed by atoms with van der Waals surface area (Å²) in [6.45, 7) is 4.05. The van der Waals surface area contributed by atoms with E-state index < -0.39 is 0 Å². The maximum absolute atomic E-state index is 4.68. The first-order valence-electron chi connectivity index (χ1n) is 16.4. The van der Waals surface area contributed by atoms with Crippen LogP contribution in [0.25, 0.3) is 86.7 Å². The average molecular weight is 712 g/mol. The van der Waals surface area contributed by atoms with Crippen molar-refractivity contribution in [3.05, 3.63) is 155 Å². The van der Waals surface area contributed by atoms with Gasteiger partial charge in [0.2, 0.25) is 0 Å².